The minimum atomic E-state index is -0.591. The summed E-state index contributed by atoms with van der Waals surface area (Å²) in [4.78, 5) is 23.9. The Morgan fingerprint density at radius 3 is 2.73 bits per heavy atom. The molecular weight excluding hydrogens is 284 g/mol. The Labute approximate surface area is 126 Å². The summed E-state index contributed by atoms with van der Waals surface area (Å²) >= 11 is 0. The van der Waals surface area contributed by atoms with Gasteiger partial charge in [-0.3, -0.25) is 4.98 Å². The molecular formula is C15H12N4O3. The van der Waals surface area contributed by atoms with Crippen LogP contribution >= 0.6 is 0 Å². The van der Waals surface area contributed by atoms with E-state index in [-0.39, 0.29) is 18.2 Å². The Balaban J connectivity index is 1.64. The van der Waals surface area contributed by atoms with E-state index in [0.29, 0.717) is 5.82 Å². The van der Waals surface area contributed by atoms with E-state index in [1.165, 1.54) is 12.4 Å². The van der Waals surface area contributed by atoms with Gasteiger partial charge in [-0.15, -0.1) is 0 Å². The summed E-state index contributed by atoms with van der Waals surface area (Å²) in [6.07, 6.45) is 2.86. The van der Waals surface area contributed by atoms with E-state index in [9.17, 15) is 4.79 Å². The fourth-order valence-electron chi connectivity index (χ4n) is 1.72. The molecule has 0 fully saturated rings. The second-order valence-corrected chi connectivity index (χ2v) is 4.50. The van der Waals surface area contributed by atoms with Crippen molar-refractivity contribution in [3.63, 3.8) is 0 Å². The van der Waals surface area contributed by atoms with Gasteiger partial charge in [-0.2, -0.15) is 4.98 Å². The standard InChI is InChI=1S/C15H12N4O3/c1-10-7-17-12(8-16-10)15(20)21-9-13-18-14(19-22-13)11-5-3-2-4-6-11/h2-8H,9H2,1H3. The summed E-state index contributed by atoms with van der Waals surface area (Å²) < 4.78 is 10.1. The summed E-state index contributed by atoms with van der Waals surface area (Å²) in [6, 6.07) is 9.38. The zero-order valence-electron chi connectivity index (χ0n) is 11.8. The lowest BCUT2D eigenvalue weighted by molar-refractivity contribution is 0.0422. The van der Waals surface area contributed by atoms with Crippen LogP contribution in [0, 0.1) is 6.92 Å². The first-order valence-corrected chi connectivity index (χ1v) is 6.56. The van der Waals surface area contributed by atoms with Crippen molar-refractivity contribution in [1.29, 1.82) is 0 Å². The SMILES string of the molecule is Cc1cnc(C(=O)OCc2nc(-c3ccccc3)no2)cn1. The molecule has 0 saturated carbocycles. The Morgan fingerprint density at radius 2 is 2.00 bits per heavy atom. The summed E-state index contributed by atoms with van der Waals surface area (Å²) in [6.45, 7) is 1.67. The first kappa shape index (κ1) is 13.9. The molecule has 22 heavy (non-hydrogen) atoms. The number of hydrogen-bond acceptors (Lipinski definition) is 7. The molecule has 0 N–H and O–H groups in total. The fraction of sp³-hybridized carbons (Fsp3) is 0.133. The molecule has 1 aromatic carbocycles. The summed E-state index contributed by atoms with van der Waals surface area (Å²) in [5, 5.41) is 3.84. The summed E-state index contributed by atoms with van der Waals surface area (Å²) in [7, 11) is 0. The molecule has 0 aliphatic rings. The number of aromatic nitrogens is 4. The number of carbonyl (C=O) groups is 1. The summed E-state index contributed by atoms with van der Waals surface area (Å²) in [5.41, 5.74) is 1.68. The fourth-order valence-corrected chi connectivity index (χ4v) is 1.72. The zero-order valence-corrected chi connectivity index (χ0v) is 11.8. The predicted molar refractivity (Wildman–Crippen MR) is 75.6 cm³/mol. The van der Waals surface area contributed by atoms with Crippen LogP contribution in [0.5, 0.6) is 0 Å². The number of nitrogens with zero attached hydrogens (tertiary/aromatic N) is 4. The highest BCUT2D eigenvalue weighted by molar-refractivity contribution is 5.86. The lowest BCUT2D eigenvalue weighted by atomic mass is 10.2. The van der Waals surface area contributed by atoms with Gasteiger partial charge in [-0.25, -0.2) is 9.78 Å². The Kier molecular flexibility index (Phi) is 3.86. The molecule has 0 unspecified atom stereocenters. The van der Waals surface area contributed by atoms with Gasteiger partial charge in [-0.05, 0) is 6.92 Å². The molecule has 3 rings (SSSR count). The molecule has 0 aliphatic carbocycles. The van der Waals surface area contributed by atoms with E-state index in [2.05, 4.69) is 20.1 Å². The highest BCUT2D eigenvalue weighted by atomic mass is 16.6. The van der Waals surface area contributed by atoms with Crippen molar-refractivity contribution < 1.29 is 14.1 Å². The average molecular weight is 296 g/mol. The smallest absolute Gasteiger partial charge is 0.359 e. The van der Waals surface area contributed by atoms with E-state index in [1.54, 1.807) is 6.92 Å². The third-order valence-corrected chi connectivity index (χ3v) is 2.82. The minimum Gasteiger partial charge on any atom is -0.451 e. The number of aryl methyl sites for hydroxylation is 1. The predicted octanol–water partition coefficient (Wildman–Crippen LogP) is 2.19. The van der Waals surface area contributed by atoms with E-state index >= 15 is 0 Å². The van der Waals surface area contributed by atoms with Crippen LogP contribution in [0.15, 0.2) is 47.2 Å². The maximum atomic E-state index is 11.8. The van der Waals surface area contributed by atoms with Gasteiger partial charge in [0.05, 0.1) is 11.9 Å². The molecule has 0 saturated heterocycles. The molecule has 110 valence electrons. The van der Waals surface area contributed by atoms with E-state index in [1.807, 2.05) is 30.3 Å². The molecule has 0 spiro atoms. The molecule has 7 heteroatoms. The van der Waals surface area contributed by atoms with E-state index in [0.717, 1.165) is 11.3 Å². The van der Waals surface area contributed by atoms with Crippen LogP contribution in [0.4, 0.5) is 0 Å². The molecule has 0 radical (unpaired) electrons. The highest BCUT2D eigenvalue weighted by Crippen LogP contribution is 2.15. The Morgan fingerprint density at radius 1 is 1.18 bits per heavy atom. The number of benzene rings is 1. The maximum Gasteiger partial charge on any atom is 0.359 e. The summed E-state index contributed by atoms with van der Waals surface area (Å²) in [5.74, 6) is 0.0704. The van der Waals surface area contributed by atoms with Crippen LogP contribution in [0.2, 0.25) is 0 Å². The van der Waals surface area contributed by atoms with Crippen LogP contribution in [0.1, 0.15) is 22.1 Å². The normalized spacial score (nSPS) is 10.4. The average Bonchev–Trinajstić information content (AvgIpc) is 3.03. The van der Waals surface area contributed by atoms with Crippen LogP contribution in [-0.4, -0.2) is 26.1 Å². The quantitative estimate of drug-likeness (QED) is 0.681. The molecule has 0 aliphatic heterocycles. The van der Waals surface area contributed by atoms with Gasteiger partial charge in [-0.1, -0.05) is 35.5 Å². The van der Waals surface area contributed by atoms with E-state index in [4.69, 9.17) is 9.26 Å². The van der Waals surface area contributed by atoms with Crippen molar-refractivity contribution in [2.24, 2.45) is 0 Å². The minimum absolute atomic E-state index is 0.117. The van der Waals surface area contributed by atoms with Gasteiger partial charge >= 0.3 is 5.97 Å². The second kappa shape index (κ2) is 6.13. The molecule has 0 atom stereocenters. The van der Waals surface area contributed by atoms with Gasteiger partial charge < -0.3 is 9.26 Å². The maximum absolute atomic E-state index is 11.8. The number of hydrogen-bond donors (Lipinski definition) is 0. The van der Waals surface area contributed by atoms with Crippen molar-refractivity contribution in [1.82, 2.24) is 20.1 Å². The van der Waals surface area contributed by atoms with Gasteiger partial charge in [0.25, 0.3) is 5.89 Å². The van der Waals surface area contributed by atoms with Crippen LogP contribution < -0.4 is 0 Å². The molecule has 7 nitrogen and oxygen atoms in total. The lowest BCUT2D eigenvalue weighted by Crippen LogP contribution is -2.08. The van der Waals surface area contributed by atoms with Crippen molar-refractivity contribution in [2.45, 2.75) is 13.5 Å². The number of carbonyl (C=O) groups excluding carboxylic acids is 1. The number of rotatable bonds is 4. The third-order valence-electron chi connectivity index (χ3n) is 2.82. The van der Waals surface area contributed by atoms with Gasteiger partial charge in [0.1, 0.15) is 0 Å². The van der Waals surface area contributed by atoms with Crippen molar-refractivity contribution in [3.05, 3.63) is 60.0 Å². The highest BCUT2D eigenvalue weighted by Gasteiger charge is 2.13. The van der Waals surface area contributed by atoms with Gasteiger partial charge in [0.2, 0.25) is 5.82 Å². The topological polar surface area (TPSA) is 91.0 Å². The van der Waals surface area contributed by atoms with Crippen molar-refractivity contribution >= 4 is 5.97 Å². The molecule has 2 heterocycles. The first-order valence-electron chi connectivity index (χ1n) is 6.56. The van der Waals surface area contributed by atoms with Crippen LogP contribution in [0.3, 0.4) is 0 Å². The number of esters is 1. The third kappa shape index (κ3) is 3.14. The molecule has 0 amide bonds. The second-order valence-electron chi connectivity index (χ2n) is 4.50. The Bertz CT molecular complexity index is 769. The largest absolute Gasteiger partial charge is 0.451 e. The first-order chi connectivity index (χ1) is 10.7. The zero-order chi connectivity index (χ0) is 15.4. The molecule has 3 aromatic rings. The van der Waals surface area contributed by atoms with Gasteiger partial charge in [0.15, 0.2) is 12.3 Å². The number of ether oxygens (including phenoxy) is 1. The van der Waals surface area contributed by atoms with Crippen LogP contribution in [0.25, 0.3) is 11.4 Å². The van der Waals surface area contributed by atoms with Crippen molar-refractivity contribution in [3.8, 4) is 11.4 Å². The Hall–Kier alpha value is -3.09. The lowest BCUT2D eigenvalue weighted by Gasteiger charge is -2.00. The van der Waals surface area contributed by atoms with Crippen molar-refractivity contribution in [2.75, 3.05) is 0 Å². The molecule has 0 bridgehead atoms. The monoisotopic (exact) mass is 296 g/mol. The van der Waals surface area contributed by atoms with Gasteiger partial charge in [0, 0.05) is 11.8 Å². The van der Waals surface area contributed by atoms with Crippen LogP contribution in [-0.2, 0) is 11.3 Å². The van der Waals surface area contributed by atoms with E-state index < -0.39 is 5.97 Å². The molecule has 2 aromatic heterocycles.